The van der Waals surface area contributed by atoms with E-state index >= 15 is 0 Å². The van der Waals surface area contributed by atoms with Crippen LogP contribution in [0, 0.1) is 0 Å². The Bertz CT molecular complexity index is 679. The third-order valence-corrected chi connectivity index (χ3v) is 4.27. The highest BCUT2D eigenvalue weighted by Gasteiger charge is 2.54. The number of fused-ring (bicyclic) bond motifs is 1. The monoisotopic (exact) mass is 379 g/mol. The summed E-state index contributed by atoms with van der Waals surface area (Å²) in [6.07, 6.45) is -3.16. The molecule has 27 heavy (non-hydrogen) atoms. The number of benzene rings is 1. The van der Waals surface area contributed by atoms with Crippen LogP contribution in [0.25, 0.3) is 0 Å². The lowest BCUT2D eigenvalue weighted by atomic mass is 10.2. The lowest BCUT2D eigenvalue weighted by molar-refractivity contribution is -0.152. The predicted octanol–water partition coefficient (Wildman–Crippen LogP) is 1.54. The molecule has 2 fully saturated rings. The van der Waals surface area contributed by atoms with E-state index in [1.165, 1.54) is 0 Å². The summed E-state index contributed by atoms with van der Waals surface area (Å²) < 4.78 is 25.7. The average Bonchev–Trinajstić information content (AvgIpc) is 3.18. The molecule has 1 N–H and O–H groups in total. The van der Waals surface area contributed by atoms with E-state index in [2.05, 4.69) is 5.32 Å². The van der Waals surface area contributed by atoms with Gasteiger partial charge in [0.25, 0.3) is 0 Å². The molecule has 1 aliphatic heterocycles. The summed E-state index contributed by atoms with van der Waals surface area (Å²) in [6.45, 7) is 1.78. The van der Waals surface area contributed by atoms with Crippen molar-refractivity contribution in [3.8, 4) is 0 Å². The van der Waals surface area contributed by atoms with Crippen LogP contribution >= 0.6 is 0 Å². The van der Waals surface area contributed by atoms with E-state index in [0.717, 1.165) is 5.56 Å². The fourth-order valence-electron chi connectivity index (χ4n) is 3.10. The van der Waals surface area contributed by atoms with Gasteiger partial charge >= 0.3 is 18.2 Å². The predicted molar refractivity (Wildman–Crippen MR) is 89.7 cm³/mol. The number of carbonyl (C=O) groups is 3. The fourth-order valence-corrected chi connectivity index (χ4v) is 3.10. The molecular formula is C18H21NO8. The Labute approximate surface area is 155 Å². The highest BCUT2D eigenvalue weighted by atomic mass is 16.8. The molecule has 0 spiro atoms. The van der Waals surface area contributed by atoms with Crippen molar-refractivity contribution in [3.63, 3.8) is 0 Å². The highest BCUT2D eigenvalue weighted by molar-refractivity contribution is 5.71. The van der Waals surface area contributed by atoms with Gasteiger partial charge in [0.1, 0.15) is 19.3 Å². The zero-order chi connectivity index (χ0) is 19.2. The van der Waals surface area contributed by atoms with Gasteiger partial charge in [0.05, 0.1) is 12.6 Å². The van der Waals surface area contributed by atoms with Gasteiger partial charge in [-0.3, -0.25) is 0 Å². The molecule has 0 aromatic heterocycles. The second-order valence-electron chi connectivity index (χ2n) is 6.12. The molecule has 4 atom stereocenters. The van der Waals surface area contributed by atoms with Gasteiger partial charge in [-0.15, -0.1) is 0 Å². The second kappa shape index (κ2) is 8.72. The summed E-state index contributed by atoms with van der Waals surface area (Å²) in [5, 5.41) is 2.67. The number of hydrogen-bond acceptors (Lipinski definition) is 8. The van der Waals surface area contributed by atoms with Gasteiger partial charge < -0.3 is 29.0 Å². The summed E-state index contributed by atoms with van der Waals surface area (Å²) in [5.74, 6) is -0.516. The van der Waals surface area contributed by atoms with Crippen LogP contribution in [0.5, 0.6) is 0 Å². The molecule has 1 aromatic carbocycles. The standard InChI is InChI=1S/C18H21NO8/c1-2-23-14(20)10-24-13-8-12(15-16(13)27-18(22)26-15)19-17(21)25-9-11-6-4-3-5-7-11/h3-7,12-13,15-16H,2,8-10H2,1H3,(H,19,21)/t12-,13+,15+,16-/m1/s1. The summed E-state index contributed by atoms with van der Waals surface area (Å²) in [6, 6.07) is 8.69. The zero-order valence-corrected chi connectivity index (χ0v) is 14.8. The molecule has 1 aliphatic carbocycles. The molecule has 9 nitrogen and oxygen atoms in total. The Balaban J connectivity index is 1.52. The third kappa shape index (κ3) is 4.88. The molecule has 1 amide bonds. The largest absolute Gasteiger partial charge is 0.509 e. The van der Waals surface area contributed by atoms with Crippen molar-refractivity contribution < 1.29 is 38.1 Å². The Kier molecular flexibility index (Phi) is 6.12. The molecule has 146 valence electrons. The first-order chi connectivity index (χ1) is 13.1. The maximum atomic E-state index is 12.1. The van der Waals surface area contributed by atoms with Crippen molar-refractivity contribution in [2.45, 2.75) is 44.3 Å². The number of alkyl carbamates (subject to hydrolysis) is 1. The number of rotatable bonds is 7. The van der Waals surface area contributed by atoms with Gasteiger partial charge in [0.2, 0.25) is 0 Å². The number of nitrogens with one attached hydrogen (secondary N) is 1. The fraction of sp³-hybridized carbons (Fsp3) is 0.500. The van der Waals surface area contributed by atoms with E-state index in [1.54, 1.807) is 6.92 Å². The molecule has 0 unspecified atom stereocenters. The Hall–Kier alpha value is -2.81. The van der Waals surface area contributed by atoms with E-state index in [0.29, 0.717) is 6.42 Å². The van der Waals surface area contributed by atoms with E-state index in [9.17, 15) is 14.4 Å². The topological polar surface area (TPSA) is 109 Å². The summed E-state index contributed by atoms with van der Waals surface area (Å²) in [7, 11) is 0. The lowest BCUT2D eigenvalue weighted by Crippen LogP contribution is -2.42. The minimum absolute atomic E-state index is 0.118. The first-order valence-corrected chi connectivity index (χ1v) is 8.68. The van der Waals surface area contributed by atoms with Gasteiger partial charge in [0.15, 0.2) is 12.2 Å². The normalized spacial score (nSPS) is 25.9. The number of carbonyl (C=O) groups excluding carboxylic acids is 3. The Morgan fingerprint density at radius 1 is 1.15 bits per heavy atom. The van der Waals surface area contributed by atoms with E-state index in [-0.39, 0.29) is 19.8 Å². The molecule has 9 heteroatoms. The molecule has 0 radical (unpaired) electrons. The molecule has 3 rings (SSSR count). The maximum Gasteiger partial charge on any atom is 0.509 e. The quantitative estimate of drug-likeness (QED) is 0.561. The van der Waals surface area contributed by atoms with E-state index in [1.807, 2.05) is 30.3 Å². The van der Waals surface area contributed by atoms with Crippen LogP contribution in [0.1, 0.15) is 18.9 Å². The van der Waals surface area contributed by atoms with Crippen molar-refractivity contribution in [2.75, 3.05) is 13.2 Å². The molecule has 1 saturated heterocycles. The van der Waals surface area contributed by atoms with Crippen LogP contribution in [0.2, 0.25) is 0 Å². The molecule has 1 heterocycles. The first kappa shape index (κ1) is 19.0. The lowest BCUT2D eigenvalue weighted by Gasteiger charge is -2.16. The van der Waals surface area contributed by atoms with E-state index in [4.69, 9.17) is 23.7 Å². The van der Waals surface area contributed by atoms with Gasteiger partial charge in [-0.05, 0) is 12.5 Å². The van der Waals surface area contributed by atoms with Crippen molar-refractivity contribution in [3.05, 3.63) is 35.9 Å². The van der Waals surface area contributed by atoms with Gasteiger partial charge in [-0.2, -0.15) is 0 Å². The maximum absolute atomic E-state index is 12.1. The van der Waals surface area contributed by atoms with Crippen molar-refractivity contribution in [1.82, 2.24) is 5.32 Å². The van der Waals surface area contributed by atoms with Crippen molar-refractivity contribution in [1.29, 1.82) is 0 Å². The van der Waals surface area contributed by atoms with Gasteiger partial charge in [0, 0.05) is 6.42 Å². The number of ether oxygens (including phenoxy) is 5. The SMILES string of the molecule is CCOC(=O)CO[C@H]1C[C@@H](NC(=O)OCc2ccccc2)[C@@H]2OC(=O)O[C@@H]21. The zero-order valence-electron chi connectivity index (χ0n) is 14.8. The molecule has 1 aromatic rings. The molecule has 1 saturated carbocycles. The first-order valence-electron chi connectivity index (χ1n) is 8.68. The van der Waals surface area contributed by atoms with Crippen LogP contribution in [0.15, 0.2) is 30.3 Å². The van der Waals surface area contributed by atoms with E-state index < -0.39 is 42.6 Å². The molecule has 2 aliphatic rings. The average molecular weight is 379 g/mol. The van der Waals surface area contributed by atoms with Crippen LogP contribution in [0.4, 0.5) is 9.59 Å². The minimum Gasteiger partial charge on any atom is -0.464 e. The number of amides is 1. The Morgan fingerprint density at radius 2 is 1.89 bits per heavy atom. The smallest absolute Gasteiger partial charge is 0.464 e. The van der Waals surface area contributed by atoms with Crippen molar-refractivity contribution in [2.24, 2.45) is 0 Å². The molecule has 0 bridgehead atoms. The van der Waals surface area contributed by atoms with Crippen LogP contribution in [-0.4, -0.2) is 55.8 Å². The van der Waals surface area contributed by atoms with Crippen LogP contribution in [-0.2, 0) is 35.1 Å². The Morgan fingerprint density at radius 3 is 2.63 bits per heavy atom. The third-order valence-electron chi connectivity index (χ3n) is 4.27. The summed E-state index contributed by atoms with van der Waals surface area (Å²) in [5.41, 5.74) is 0.850. The number of esters is 1. The van der Waals surface area contributed by atoms with Gasteiger partial charge in [-0.1, -0.05) is 30.3 Å². The highest BCUT2D eigenvalue weighted by Crippen LogP contribution is 2.33. The number of hydrogen-bond donors (Lipinski definition) is 1. The summed E-state index contributed by atoms with van der Waals surface area (Å²) >= 11 is 0. The van der Waals surface area contributed by atoms with Crippen LogP contribution < -0.4 is 5.32 Å². The van der Waals surface area contributed by atoms with Crippen molar-refractivity contribution >= 4 is 18.2 Å². The second-order valence-corrected chi connectivity index (χ2v) is 6.12. The van der Waals surface area contributed by atoms with Gasteiger partial charge in [-0.25, -0.2) is 14.4 Å². The summed E-state index contributed by atoms with van der Waals surface area (Å²) in [4.78, 5) is 35.0. The van der Waals surface area contributed by atoms with Crippen LogP contribution in [0.3, 0.4) is 0 Å². The molecular weight excluding hydrogens is 358 g/mol. The minimum atomic E-state index is -0.834.